The number of carbonyl (C=O) groups is 1. The highest BCUT2D eigenvalue weighted by Crippen LogP contribution is 2.18. The lowest BCUT2D eigenvalue weighted by Crippen LogP contribution is -2.17. The Labute approximate surface area is 80.1 Å². The molecule has 0 aromatic rings. The predicted molar refractivity (Wildman–Crippen MR) is 51.7 cm³/mol. The molecule has 0 unspecified atom stereocenters. The molecule has 13 heavy (non-hydrogen) atoms. The molecule has 0 aromatic heterocycles. The maximum Gasteiger partial charge on any atom is 0.305 e. The van der Waals surface area contributed by atoms with E-state index in [9.17, 15) is 4.79 Å². The summed E-state index contributed by atoms with van der Waals surface area (Å²) in [6, 6.07) is 0. The fraction of sp³-hybridized carbons (Fsp3) is 0.900. The molecule has 1 atom stereocenters. The molecule has 0 heterocycles. The molecule has 0 spiro atoms. The molecule has 0 radical (unpaired) electrons. The first-order chi connectivity index (χ1) is 5.81. The fourth-order valence-corrected chi connectivity index (χ4v) is 0.871. The second-order valence-corrected chi connectivity index (χ2v) is 4.59. The Balaban J connectivity index is 3.48. The summed E-state index contributed by atoms with van der Waals surface area (Å²) in [7, 11) is 0. The first-order valence-electron chi connectivity index (χ1n) is 4.64. The Morgan fingerprint density at radius 1 is 1.46 bits per heavy atom. The topological polar surface area (TPSA) is 46.5 Å². The molecule has 0 saturated heterocycles. The molecule has 3 heteroatoms. The van der Waals surface area contributed by atoms with Gasteiger partial charge in [0.05, 0.1) is 12.5 Å². The van der Waals surface area contributed by atoms with Gasteiger partial charge in [-0.3, -0.25) is 4.79 Å². The SMILES string of the molecule is C[C@H](CC(=O)O)OCCC(C)(C)C. The van der Waals surface area contributed by atoms with Crippen molar-refractivity contribution in [2.24, 2.45) is 5.41 Å². The number of aliphatic carboxylic acids is 1. The summed E-state index contributed by atoms with van der Waals surface area (Å²) < 4.78 is 5.35. The van der Waals surface area contributed by atoms with Gasteiger partial charge in [-0.1, -0.05) is 20.8 Å². The van der Waals surface area contributed by atoms with Crippen LogP contribution in [0.4, 0.5) is 0 Å². The molecule has 0 saturated carbocycles. The quantitative estimate of drug-likeness (QED) is 0.720. The lowest BCUT2D eigenvalue weighted by molar-refractivity contribution is -0.139. The van der Waals surface area contributed by atoms with Gasteiger partial charge in [0.25, 0.3) is 0 Å². The van der Waals surface area contributed by atoms with Crippen LogP contribution in [0.25, 0.3) is 0 Å². The average Bonchev–Trinajstić information content (AvgIpc) is 1.81. The third kappa shape index (κ3) is 9.34. The summed E-state index contributed by atoms with van der Waals surface area (Å²) >= 11 is 0. The molecule has 0 bridgehead atoms. The van der Waals surface area contributed by atoms with E-state index in [2.05, 4.69) is 20.8 Å². The Kier molecular flexibility index (Phi) is 4.99. The van der Waals surface area contributed by atoms with Crippen LogP contribution in [0.3, 0.4) is 0 Å². The van der Waals surface area contributed by atoms with Crippen LogP contribution in [0.15, 0.2) is 0 Å². The second kappa shape index (κ2) is 5.22. The summed E-state index contributed by atoms with van der Waals surface area (Å²) in [5.74, 6) is -0.803. The van der Waals surface area contributed by atoms with Crippen molar-refractivity contribution in [3.63, 3.8) is 0 Å². The molecule has 78 valence electrons. The molecule has 0 rings (SSSR count). The molecule has 1 N–H and O–H groups in total. The van der Waals surface area contributed by atoms with Crippen molar-refractivity contribution in [2.45, 2.75) is 46.6 Å². The van der Waals surface area contributed by atoms with E-state index >= 15 is 0 Å². The zero-order valence-corrected chi connectivity index (χ0v) is 8.96. The van der Waals surface area contributed by atoms with Gasteiger partial charge in [-0.15, -0.1) is 0 Å². The molecule has 3 nitrogen and oxygen atoms in total. The van der Waals surface area contributed by atoms with Crippen LogP contribution in [0.5, 0.6) is 0 Å². The van der Waals surface area contributed by atoms with Crippen LogP contribution in [-0.4, -0.2) is 23.8 Å². The minimum absolute atomic E-state index is 0.0874. The van der Waals surface area contributed by atoms with E-state index in [4.69, 9.17) is 9.84 Å². The summed E-state index contributed by atoms with van der Waals surface area (Å²) in [6.45, 7) is 8.84. The highest BCUT2D eigenvalue weighted by molar-refractivity contribution is 5.67. The van der Waals surface area contributed by atoms with E-state index in [1.54, 1.807) is 6.92 Å². The number of carboxylic acids is 1. The molecular formula is C10H20O3. The summed E-state index contributed by atoms with van der Waals surface area (Å²) in [4.78, 5) is 10.3. The van der Waals surface area contributed by atoms with E-state index in [0.29, 0.717) is 6.61 Å². The van der Waals surface area contributed by atoms with Gasteiger partial charge in [-0.2, -0.15) is 0 Å². The Hall–Kier alpha value is -0.570. The Morgan fingerprint density at radius 3 is 2.38 bits per heavy atom. The summed E-state index contributed by atoms with van der Waals surface area (Å²) in [6.07, 6.45) is 0.862. The number of hydrogen-bond acceptors (Lipinski definition) is 2. The largest absolute Gasteiger partial charge is 0.481 e. The lowest BCUT2D eigenvalue weighted by atomic mass is 9.93. The highest BCUT2D eigenvalue weighted by atomic mass is 16.5. The summed E-state index contributed by atoms with van der Waals surface area (Å²) in [5.41, 5.74) is 0.253. The average molecular weight is 188 g/mol. The Morgan fingerprint density at radius 2 is 2.00 bits per heavy atom. The van der Waals surface area contributed by atoms with Crippen LogP contribution in [-0.2, 0) is 9.53 Å². The maximum atomic E-state index is 10.3. The predicted octanol–water partition coefficient (Wildman–Crippen LogP) is 2.30. The van der Waals surface area contributed by atoms with Crippen LogP contribution in [0, 0.1) is 5.41 Å². The van der Waals surface area contributed by atoms with Crippen molar-refractivity contribution < 1.29 is 14.6 Å². The first-order valence-corrected chi connectivity index (χ1v) is 4.64. The lowest BCUT2D eigenvalue weighted by Gasteiger charge is -2.19. The van der Waals surface area contributed by atoms with E-state index in [0.717, 1.165) is 6.42 Å². The van der Waals surface area contributed by atoms with Gasteiger partial charge in [-0.05, 0) is 18.8 Å². The van der Waals surface area contributed by atoms with Crippen molar-refractivity contribution in [1.82, 2.24) is 0 Å². The van der Waals surface area contributed by atoms with Gasteiger partial charge in [0.1, 0.15) is 0 Å². The minimum atomic E-state index is -0.803. The number of carboxylic acid groups (broad SMARTS) is 1. The number of rotatable bonds is 5. The molecule has 0 aliphatic rings. The zero-order chi connectivity index (χ0) is 10.5. The molecular weight excluding hydrogens is 168 g/mol. The van der Waals surface area contributed by atoms with Crippen molar-refractivity contribution in [2.75, 3.05) is 6.61 Å². The minimum Gasteiger partial charge on any atom is -0.481 e. The van der Waals surface area contributed by atoms with Crippen LogP contribution < -0.4 is 0 Å². The van der Waals surface area contributed by atoms with E-state index in [-0.39, 0.29) is 17.9 Å². The van der Waals surface area contributed by atoms with Gasteiger partial charge in [0.2, 0.25) is 0 Å². The second-order valence-electron chi connectivity index (χ2n) is 4.59. The third-order valence-corrected chi connectivity index (χ3v) is 1.72. The van der Waals surface area contributed by atoms with E-state index in [1.165, 1.54) is 0 Å². The molecule has 0 amide bonds. The van der Waals surface area contributed by atoms with Gasteiger partial charge in [-0.25, -0.2) is 0 Å². The standard InChI is InChI=1S/C10H20O3/c1-8(7-9(11)12)13-6-5-10(2,3)4/h8H,5-7H2,1-4H3,(H,11,12)/t8-/m1/s1. The number of ether oxygens (including phenoxy) is 1. The monoisotopic (exact) mass is 188 g/mol. The van der Waals surface area contributed by atoms with E-state index in [1.807, 2.05) is 0 Å². The normalized spacial score (nSPS) is 14.2. The third-order valence-electron chi connectivity index (χ3n) is 1.72. The van der Waals surface area contributed by atoms with E-state index < -0.39 is 5.97 Å². The Bertz CT molecular complexity index is 158. The van der Waals surface area contributed by atoms with Crippen LogP contribution in [0.2, 0.25) is 0 Å². The van der Waals surface area contributed by atoms with Crippen molar-refractivity contribution >= 4 is 5.97 Å². The summed E-state index contributed by atoms with van der Waals surface area (Å²) in [5, 5.41) is 8.46. The van der Waals surface area contributed by atoms with Gasteiger partial charge in [0.15, 0.2) is 0 Å². The van der Waals surface area contributed by atoms with Crippen molar-refractivity contribution in [1.29, 1.82) is 0 Å². The van der Waals surface area contributed by atoms with Crippen molar-refractivity contribution in [3.8, 4) is 0 Å². The van der Waals surface area contributed by atoms with Gasteiger partial charge in [0, 0.05) is 6.61 Å². The smallest absolute Gasteiger partial charge is 0.305 e. The number of hydrogen-bond donors (Lipinski definition) is 1. The van der Waals surface area contributed by atoms with Crippen LogP contribution >= 0.6 is 0 Å². The zero-order valence-electron chi connectivity index (χ0n) is 8.96. The van der Waals surface area contributed by atoms with Crippen molar-refractivity contribution in [3.05, 3.63) is 0 Å². The van der Waals surface area contributed by atoms with Gasteiger partial charge >= 0.3 is 5.97 Å². The molecule has 0 fully saturated rings. The first kappa shape index (κ1) is 12.4. The molecule has 0 aromatic carbocycles. The molecule has 0 aliphatic carbocycles. The van der Waals surface area contributed by atoms with Gasteiger partial charge < -0.3 is 9.84 Å². The molecule has 0 aliphatic heterocycles. The fourth-order valence-electron chi connectivity index (χ4n) is 0.871. The van der Waals surface area contributed by atoms with Crippen LogP contribution in [0.1, 0.15) is 40.5 Å². The highest BCUT2D eigenvalue weighted by Gasteiger charge is 2.12. The maximum absolute atomic E-state index is 10.3.